The molecule has 2 heterocycles. The summed E-state index contributed by atoms with van der Waals surface area (Å²) in [6.45, 7) is 4.62. The van der Waals surface area contributed by atoms with Gasteiger partial charge in [-0.2, -0.15) is 5.10 Å². The molecule has 0 unspecified atom stereocenters. The van der Waals surface area contributed by atoms with Crippen LogP contribution >= 0.6 is 0 Å². The number of benzene rings is 1. The molecule has 0 saturated heterocycles. The third kappa shape index (κ3) is 4.69. The molecule has 0 saturated carbocycles. The number of carbonyl (C=O) groups excluding carboxylic acids is 1. The summed E-state index contributed by atoms with van der Waals surface area (Å²) in [5.41, 5.74) is 2.19. The van der Waals surface area contributed by atoms with E-state index in [9.17, 15) is 4.79 Å². The normalized spacial score (nSPS) is 10.6. The van der Waals surface area contributed by atoms with Crippen molar-refractivity contribution >= 4 is 5.91 Å². The van der Waals surface area contributed by atoms with Crippen LogP contribution in [0, 0.1) is 13.8 Å². The summed E-state index contributed by atoms with van der Waals surface area (Å²) in [6, 6.07) is 9.61. The third-order valence-corrected chi connectivity index (χ3v) is 3.64. The van der Waals surface area contributed by atoms with E-state index in [0.717, 1.165) is 16.9 Å². The molecule has 0 atom stereocenters. The molecule has 0 radical (unpaired) electrons. The molecule has 1 aromatic carbocycles. The third-order valence-electron chi connectivity index (χ3n) is 3.64. The van der Waals surface area contributed by atoms with Crippen molar-refractivity contribution in [1.29, 1.82) is 0 Å². The molecule has 7 heteroatoms. The van der Waals surface area contributed by atoms with Gasteiger partial charge in [0.15, 0.2) is 11.6 Å². The number of aromatic nitrogens is 3. The van der Waals surface area contributed by atoms with Gasteiger partial charge in [0, 0.05) is 0 Å². The van der Waals surface area contributed by atoms with Crippen LogP contribution in [0.4, 0.5) is 0 Å². The standard InChI is InChI=1S/C18H20N4O3/c1-12-5-6-13(2)15(8-12)25-11-17-20-16(21-22-17)9-18(23)19-10-14-4-3-7-24-14/h3-8H,9-11H2,1-2H3,(H,19,23)(H,20,21,22). The number of aromatic amines is 1. The second-order valence-corrected chi connectivity index (χ2v) is 5.79. The van der Waals surface area contributed by atoms with Crippen molar-refractivity contribution in [3.63, 3.8) is 0 Å². The van der Waals surface area contributed by atoms with Crippen molar-refractivity contribution in [3.8, 4) is 5.75 Å². The molecule has 1 amide bonds. The fourth-order valence-electron chi connectivity index (χ4n) is 2.29. The maximum Gasteiger partial charge on any atom is 0.228 e. The first-order valence-electron chi connectivity index (χ1n) is 7.99. The second kappa shape index (κ2) is 7.65. The monoisotopic (exact) mass is 340 g/mol. The van der Waals surface area contributed by atoms with Crippen LogP contribution in [0.15, 0.2) is 41.0 Å². The van der Waals surface area contributed by atoms with Gasteiger partial charge in [0.05, 0.1) is 19.2 Å². The molecule has 7 nitrogen and oxygen atoms in total. The number of nitrogens with one attached hydrogen (secondary N) is 2. The summed E-state index contributed by atoms with van der Waals surface area (Å²) >= 11 is 0. The van der Waals surface area contributed by atoms with Gasteiger partial charge in [0.2, 0.25) is 5.91 Å². The van der Waals surface area contributed by atoms with Crippen LogP contribution in [0.1, 0.15) is 28.5 Å². The molecule has 3 aromatic rings. The van der Waals surface area contributed by atoms with E-state index >= 15 is 0 Å². The van der Waals surface area contributed by atoms with E-state index in [1.165, 1.54) is 0 Å². The lowest BCUT2D eigenvalue weighted by atomic mass is 10.1. The van der Waals surface area contributed by atoms with Crippen LogP contribution in [-0.4, -0.2) is 21.1 Å². The van der Waals surface area contributed by atoms with Crippen molar-refractivity contribution in [3.05, 3.63) is 65.1 Å². The van der Waals surface area contributed by atoms with E-state index in [2.05, 4.69) is 20.5 Å². The van der Waals surface area contributed by atoms with Crippen molar-refractivity contribution in [2.24, 2.45) is 0 Å². The summed E-state index contributed by atoms with van der Waals surface area (Å²) in [5, 5.41) is 9.61. The number of furan rings is 1. The number of carbonyl (C=O) groups is 1. The van der Waals surface area contributed by atoms with Crippen LogP contribution < -0.4 is 10.1 Å². The van der Waals surface area contributed by atoms with Crippen molar-refractivity contribution in [2.45, 2.75) is 33.4 Å². The van der Waals surface area contributed by atoms with Crippen LogP contribution in [0.25, 0.3) is 0 Å². The lowest BCUT2D eigenvalue weighted by Crippen LogP contribution is -2.24. The molecule has 3 rings (SSSR count). The fraction of sp³-hybridized carbons (Fsp3) is 0.278. The van der Waals surface area contributed by atoms with Gasteiger partial charge in [0.25, 0.3) is 0 Å². The van der Waals surface area contributed by atoms with Gasteiger partial charge < -0.3 is 14.5 Å². The quantitative estimate of drug-likeness (QED) is 0.689. The molecular weight excluding hydrogens is 320 g/mol. The summed E-state index contributed by atoms with van der Waals surface area (Å²) in [5.74, 6) is 2.35. The summed E-state index contributed by atoms with van der Waals surface area (Å²) < 4.78 is 10.9. The van der Waals surface area contributed by atoms with E-state index in [1.54, 1.807) is 18.4 Å². The maximum absolute atomic E-state index is 11.9. The number of ether oxygens (including phenoxy) is 1. The Morgan fingerprint density at radius 1 is 1.32 bits per heavy atom. The maximum atomic E-state index is 11.9. The number of aryl methyl sites for hydroxylation is 2. The summed E-state index contributed by atoms with van der Waals surface area (Å²) in [4.78, 5) is 16.2. The minimum atomic E-state index is -0.169. The lowest BCUT2D eigenvalue weighted by molar-refractivity contribution is -0.120. The minimum Gasteiger partial charge on any atom is -0.485 e. The van der Waals surface area contributed by atoms with Crippen LogP contribution in [0.2, 0.25) is 0 Å². The highest BCUT2D eigenvalue weighted by molar-refractivity contribution is 5.77. The van der Waals surface area contributed by atoms with E-state index in [1.807, 2.05) is 32.0 Å². The molecule has 2 aromatic heterocycles. The Kier molecular flexibility index (Phi) is 5.13. The van der Waals surface area contributed by atoms with E-state index in [-0.39, 0.29) is 18.9 Å². The smallest absolute Gasteiger partial charge is 0.228 e. The Bertz CT molecular complexity index is 840. The van der Waals surface area contributed by atoms with Gasteiger partial charge in [-0.15, -0.1) is 0 Å². The van der Waals surface area contributed by atoms with Crippen LogP contribution in [0.3, 0.4) is 0 Å². The predicted octanol–water partition coefficient (Wildman–Crippen LogP) is 2.45. The molecule has 0 spiro atoms. The van der Waals surface area contributed by atoms with Crippen LogP contribution in [-0.2, 0) is 24.4 Å². The molecule has 130 valence electrons. The summed E-state index contributed by atoms with van der Waals surface area (Å²) in [6.07, 6.45) is 1.67. The highest BCUT2D eigenvalue weighted by atomic mass is 16.5. The Labute approximate surface area is 145 Å². The SMILES string of the molecule is Cc1ccc(C)c(OCc2nc(CC(=O)NCc3ccco3)n[nH]2)c1. The highest BCUT2D eigenvalue weighted by Crippen LogP contribution is 2.19. The highest BCUT2D eigenvalue weighted by Gasteiger charge is 2.10. The molecule has 0 fully saturated rings. The van der Waals surface area contributed by atoms with Crippen molar-refractivity contribution < 1.29 is 13.9 Å². The molecule has 25 heavy (non-hydrogen) atoms. The van der Waals surface area contributed by atoms with Gasteiger partial charge in [-0.3, -0.25) is 9.89 Å². The number of H-pyrrole nitrogens is 1. The topological polar surface area (TPSA) is 93.0 Å². The van der Waals surface area contributed by atoms with Gasteiger partial charge in [-0.1, -0.05) is 12.1 Å². The fourth-order valence-corrected chi connectivity index (χ4v) is 2.29. The number of hydrogen-bond donors (Lipinski definition) is 2. The summed E-state index contributed by atoms with van der Waals surface area (Å²) in [7, 11) is 0. The van der Waals surface area contributed by atoms with E-state index in [4.69, 9.17) is 9.15 Å². The van der Waals surface area contributed by atoms with E-state index < -0.39 is 0 Å². The van der Waals surface area contributed by atoms with E-state index in [0.29, 0.717) is 24.0 Å². The molecule has 0 aliphatic carbocycles. The van der Waals surface area contributed by atoms with Gasteiger partial charge in [-0.05, 0) is 43.2 Å². The Morgan fingerprint density at radius 3 is 3.00 bits per heavy atom. The first-order valence-corrected chi connectivity index (χ1v) is 7.99. The van der Waals surface area contributed by atoms with Gasteiger partial charge >= 0.3 is 0 Å². The number of hydrogen-bond acceptors (Lipinski definition) is 5. The molecule has 0 aliphatic heterocycles. The second-order valence-electron chi connectivity index (χ2n) is 5.79. The Balaban J connectivity index is 1.50. The largest absolute Gasteiger partial charge is 0.485 e. The zero-order valence-electron chi connectivity index (χ0n) is 14.2. The number of rotatable bonds is 7. The Morgan fingerprint density at radius 2 is 2.20 bits per heavy atom. The van der Waals surface area contributed by atoms with Crippen molar-refractivity contribution in [1.82, 2.24) is 20.5 Å². The zero-order valence-corrected chi connectivity index (χ0v) is 14.2. The average Bonchev–Trinajstić information content (AvgIpc) is 3.25. The predicted molar refractivity (Wildman–Crippen MR) is 90.9 cm³/mol. The number of nitrogens with zero attached hydrogens (tertiary/aromatic N) is 2. The first kappa shape index (κ1) is 16.8. The average molecular weight is 340 g/mol. The van der Waals surface area contributed by atoms with Gasteiger partial charge in [0.1, 0.15) is 18.1 Å². The molecule has 0 bridgehead atoms. The minimum absolute atomic E-state index is 0.0979. The van der Waals surface area contributed by atoms with Gasteiger partial charge in [-0.25, -0.2) is 4.98 Å². The first-order chi connectivity index (χ1) is 12.1. The lowest BCUT2D eigenvalue weighted by Gasteiger charge is -2.08. The van der Waals surface area contributed by atoms with Crippen LogP contribution in [0.5, 0.6) is 5.75 Å². The molecule has 2 N–H and O–H groups in total. The molecule has 0 aliphatic rings. The van der Waals surface area contributed by atoms with Crippen molar-refractivity contribution in [2.75, 3.05) is 0 Å². The molecular formula is C18H20N4O3. The zero-order chi connectivity index (χ0) is 17.6. The number of amides is 1. The Hall–Kier alpha value is -3.09.